The van der Waals surface area contributed by atoms with E-state index in [1.165, 1.54) is 11.1 Å². The molecule has 0 bridgehead atoms. The summed E-state index contributed by atoms with van der Waals surface area (Å²) in [4.78, 5) is 38.8. The van der Waals surface area contributed by atoms with Crippen molar-refractivity contribution in [2.45, 2.75) is 31.9 Å². The van der Waals surface area contributed by atoms with E-state index in [0.717, 1.165) is 36.0 Å². The third-order valence-electron chi connectivity index (χ3n) is 6.08. The summed E-state index contributed by atoms with van der Waals surface area (Å²) in [5, 5.41) is 26.6. The van der Waals surface area contributed by atoms with E-state index in [2.05, 4.69) is 15.6 Å². The minimum Gasteiger partial charge on any atom is -0.479 e. The smallest absolute Gasteiger partial charge is 0.333 e. The fourth-order valence-corrected chi connectivity index (χ4v) is 4.04. The standard InChI is InChI=1S/C26H29N5O5/c32-23(26(35)36)16-27-31(17-18-9-11-20(12-10-18)19-7-3-1-4-8-19)25(34)22-15-21(28-29-22)24(33)30-13-5-2-6-14-30/h1,3-4,7-12,15,23,27,32H,2,5-6,13-14,16-17H2,(H,28,29)(H,35,36). The Bertz CT molecular complexity index is 1190. The van der Waals surface area contributed by atoms with Crippen LogP contribution in [0.3, 0.4) is 0 Å². The zero-order valence-corrected chi connectivity index (χ0v) is 19.8. The van der Waals surface area contributed by atoms with Gasteiger partial charge in [0.1, 0.15) is 5.69 Å². The molecule has 10 heteroatoms. The molecule has 1 fully saturated rings. The summed E-state index contributed by atoms with van der Waals surface area (Å²) in [5.74, 6) is -2.18. The SMILES string of the molecule is O=C(O)C(O)CNN(Cc1ccc(-c2ccccc2)cc1)C(=O)c1cc(C(=O)N2CCCCC2)n[nH]1. The van der Waals surface area contributed by atoms with E-state index in [1.54, 1.807) is 4.90 Å². The van der Waals surface area contributed by atoms with Crippen molar-refractivity contribution in [2.75, 3.05) is 19.6 Å². The van der Waals surface area contributed by atoms with Gasteiger partial charge in [-0.15, -0.1) is 0 Å². The zero-order valence-electron chi connectivity index (χ0n) is 19.8. The lowest BCUT2D eigenvalue weighted by Gasteiger charge is -2.25. The van der Waals surface area contributed by atoms with Crippen LogP contribution >= 0.6 is 0 Å². The number of likely N-dealkylation sites (tertiary alicyclic amines) is 1. The Morgan fingerprint density at radius 3 is 2.33 bits per heavy atom. The molecule has 0 aliphatic carbocycles. The fraction of sp³-hybridized carbons (Fsp3) is 0.308. The zero-order chi connectivity index (χ0) is 25.5. The highest BCUT2D eigenvalue weighted by Crippen LogP contribution is 2.20. The lowest BCUT2D eigenvalue weighted by molar-refractivity contribution is -0.146. The molecule has 1 aliphatic rings. The van der Waals surface area contributed by atoms with Gasteiger partial charge in [-0.2, -0.15) is 5.10 Å². The van der Waals surface area contributed by atoms with Crippen LogP contribution in [0.2, 0.25) is 0 Å². The summed E-state index contributed by atoms with van der Waals surface area (Å²) in [7, 11) is 0. The molecular weight excluding hydrogens is 462 g/mol. The number of piperidine rings is 1. The van der Waals surface area contributed by atoms with Gasteiger partial charge < -0.3 is 15.1 Å². The predicted octanol–water partition coefficient (Wildman–Crippen LogP) is 2.30. The molecule has 3 aromatic rings. The Hall–Kier alpha value is -4.02. The van der Waals surface area contributed by atoms with Crippen LogP contribution in [0.1, 0.15) is 45.8 Å². The number of hydrogen-bond donors (Lipinski definition) is 4. The van der Waals surface area contributed by atoms with Crippen molar-refractivity contribution in [3.63, 3.8) is 0 Å². The molecule has 0 radical (unpaired) electrons. The quantitative estimate of drug-likeness (QED) is 0.337. The summed E-state index contributed by atoms with van der Waals surface area (Å²) in [6.07, 6.45) is 1.27. The number of H-pyrrole nitrogens is 1. The maximum absolute atomic E-state index is 13.3. The molecule has 2 heterocycles. The van der Waals surface area contributed by atoms with Crippen LogP contribution in [0.15, 0.2) is 60.7 Å². The van der Waals surface area contributed by atoms with Crippen molar-refractivity contribution in [3.05, 3.63) is 77.6 Å². The van der Waals surface area contributed by atoms with E-state index in [1.807, 2.05) is 54.6 Å². The summed E-state index contributed by atoms with van der Waals surface area (Å²) in [5.41, 5.74) is 5.79. The maximum atomic E-state index is 13.3. The van der Waals surface area contributed by atoms with Gasteiger partial charge in [-0.3, -0.25) is 19.7 Å². The molecule has 1 unspecified atom stereocenters. The first-order chi connectivity index (χ1) is 17.4. The molecule has 1 saturated heterocycles. The molecule has 4 N–H and O–H groups in total. The number of benzene rings is 2. The Morgan fingerprint density at radius 1 is 1.00 bits per heavy atom. The van der Waals surface area contributed by atoms with Crippen LogP contribution in [0, 0.1) is 0 Å². The van der Waals surface area contributed by atoms with Gasteiger partial charge >= 0.3 is 5.97 Å². The van der Waals surface area contributed by atoms with E-state index < -0.39 is 18.0 Å². The summed E-state index contributed by atoms with van der Waals surface area (Å²) >= 11 is 0. The molecule has 188 valence electrons. The number of aliphatic carboxylic acids is 1. The molecule has 1 aromatic heterocycles. The Morgan fingerprint density at radius 2 is 1.67 bits per heavy atom. The van der Waals surface area contributed by atoms with E-state index in [4.69, 9.17) is 5.11 Å². The Kier molecular flexibility index (Phi) is 8.09. The lowest BCUT2D eigenvalue weighted by atomic mass is 10.0. The largest absolute Gasteiger partial charge is 0.479 e. The first kappa shape index (κ1) is 25.1. The molecular formula is C26H29N5O5. The van der Waals surface area contributed by atoms with Gasteiger partial charge in [-0.25, -0.2) is 10.2 Å². The number of aromatic nitrogens is 2. The molecule has 1 atom stereocenters. The first-order valence-corrected chi connectivity index (χ1v) is 11.9. The Balaban J connectivity index is 1.50. The number of carbonyl (C=O) groups is 3. The minimum absolute atomic E-state index is 0.0774. The number of aromatic amines is 1. The van der Waals surface area contributed by atoms with Gasteiger partial charge in [0.25, 0.3) is 11.8 Å². The van der Waals surface area contributed by atoms with Crippen LogP contribution in [0.25, 0.3) is 11.1 Å². The van der Waals surface area contributed by atoms with E-state index in [9.17, 15) is 19.5 Å². The van der Waals surface area contributed by atoms with E-state index in [-0.39, 0.29) is 30.4 Å². The predicted molar refractivity (Wildman–Crippen MR) is 132 cm³/mol. The monoisotopic (exact) mass is 491 g/mol. The summed E-state index contributed by atoms with van der Waals surface area (Å²) < 4.78 is 0. The van der Waals surface area contributed by atoms with Crippen LogP contribution in [0.5, 0.6) is 0 Å². The van der Waals surface area contributed by atoms with Gasteiger partial charge in [0.05, 0.1) is 13.1 Å². The average Bonchev–Trinajstić information content (AvgIpc) is 3.41. The topological polar surface area (TPSA) is 139 Å². The second kappa shape index (κ2) is 11.6. The minimum atomic E-state index is -1.70. The molecule has 4 rings (SSSR count). The number of hydrazine groups is 1. The third kappa shape index (κ3) is 6.15. The van der Waals surface area contributed by atoms with E-state index in [0.29, 0.717) is 13.1 Å². The maximum Gasteiger partial charge on any atom is 0.333 e. The first-order valence-electron chi connectivity index (χ1n) is 11.9. The molecule has 2 aromatic carbocycles. The van der Waals surface area contributed by atoms with Gasteiger partial charge in [0.2, 0.25) is 0 Å². The molecule has 36 heavy (non-hydrogen) atoms. The van der Waals surface area contributed by atoms with Crippen molar-refractivity contribution in [1.82, 2.24) is 25.5 Å². The number of nitrogens with zero attached hydrogens (tertiary/aromatic N) is 3. The third-order valence-corrected chi connectivity index (χ3v) is 6.08. The van der Waals surface area contributed by atoms with Gasteiger partial charge in [0.15, 0.2) is 11.8 Å². The molecule has 1 aliphatic heterocycles. The number of aliphatic hydroxyl groups excluding tert-OH is 1. The number of carboxylic acids is 1. The van der Waals surface area contributed by atoms with Crippen LogP contribution in [0.4, 0.5) is 0 Å². The van der Waals surface area contributed by atoms with Crippen LogP contribution < -0.4 is 5.43 Å². The second-order valence-electron chi connectivity index (χ2n) is 8.69. The number of rotatable bonds is 9. The van der Waals surface area contributed by atoms with Crippen molar-refractivity contribution in [2.24, 2.45) is 0 Å². The highest BCUT2D eigenvalue weighted by atomic mass is 16.4. The average molecular weight is 492 g/mol. The summed E-state index contributed by atoms with van der Waals surface area (Å²) in [6.45, 7) is 1.04. The van der Waals surface area contributed by atoms with Gasteiger partial charge in [-0.1, -0.05) is 54.6 Å². The van der Waals surface area contributed by atoms with Crippen LogP contribution in [-0.2, 0) is 11.3 Å². The van der Waals surface area contributed by atoms with Crippen molar-refractivity contribution in [3.8, 4) is 11.1 Å². The molecule has 10 nitrogen and oxygen atoms in total. The number of nitrogens with one attached hydrogen (secondary N) is 2. The normalized spacial score (nSPS) is 14.3. The summed E-state index contributed by atoms with van der Waals surface area (Å²) in [6, 6.07) is 18.9. The molecule has 0 saturated carbocycles. The van der Waals surface area contributed by atoms with Crippen molar-refractivity contribution >= 4 is 17.8 Å². The fourth-order valence-electron chi connectivity index (χ4n) is 4.04. The van der Waals surface area contributed by atoms with Crippen molar-refractivity contribution in [1.29, 1.82) is 0 Å². The number of carbonyl (C=O) groups excluding carboxylic acids is 2. The lowest BCUT2D eigenvalue weighted by Crippen LogP contribution is -2.47. The molecule has 2 amide bonds. The number of carboxylic acid groups (broad SMARTS) is 1. The highest BCUT2D eigenvalue weighted by Gasteiger charge is 2.25. The van der Waals surface area contributed by atoms with Gasteiger partial charge in [-0.05, 0) is 36.0 Å². The second-order valence-corrected chi connectivity index (χ2v) is 8.69. The number of aliphatic hydroxyl groups is 1. The van der Waals surface area contributed by atoms with Gasteiger partial charge in [0, 0.05) is 19.2 Å². The van der Waals surface area contributed by atoms with Crippen molar-refractivity contribution < 1.29 is 24.6 Å². The van der Waals surface area contributed by atoms with Crippen LogP contribution in [-0.4, -0.2) is 73.8 Å². The van der Waals surface area contributed by atoms with E-state index >= 15 is 0 Å². The number of amides is 2. The number of hydrogen-bond acceptors (Lipinski definition) is 6. The Labute approximate surface area is 208 Å². The highest BCUT2D eigenvalue weighted by molar-refractivity contribution is 5.97. The molecule has 0 spiro atoms.